The van der Waals surface area contributed by atoms with E-state index in [0.29, 0.717) is 28.6 Å². The molecule has 0 aliphatic rings. The van der Waals surface area contributed by atoms with Crippen molar-refractivity contribution in [2.45, 2.75) is 13.8 Å². The van der Waals surface area contributed by atoms with Gasteiger partial charge >= 0.3 is 0 Å². The van der Waals surface area contributed by atoms with Crippen molar-refractivity contribution in [3.05, 3.63) is 52.5 Å². The summed E-state index contributed by atoms with van der Waals surface area (Å²) in [4.78, 5) is 37.3. The van der Waals surface area contributed by atoms with Crippen molar-refractivity contribution in [2.75, 3.05) is 35.6 Å². The first kappa shape index (κ1) is 22.7. The van der Waals surface area contributed by atoms with Crippen LogP contribution in [0.1, 0.15) is 13.8 Å². The van der Waals surface area contributed by atoms with E-state index in [1.54, 1.807) is 47.4 Å². The molecule has 7 nitrogen and oxygen atoms in total. The number of amides is 3. The van der Waals surface area contributed by atoms with Gasteiger partial charge in [0.25, 0.3) is 0 Å². The Hall–Kier alpha value is -2.61. The summed E-state index contributed by atoms with van der Waals surface area (Å²) in [5, 5.41) is 8.73. The number of rotatable bonds is 8. The average Bonchev–Trinajstić information content (AvgIpc) is 2.66. The third-order valence-electron chi connectivity index (χ3n) is 3.90. The molecule has 2 rings (SSSR count). The Balaban J connectivity index is 1.88. The van der Waals surface area contributed by atoms with E-state index >= 15 is 0 Å². The van der Waals surface area contributed by atoms with Gasteiger partial charge in [-0.1, -0.05) is 36.2 Å². The number of hydrogen-bond donors (Lipinski definition) is 3. The molecule has 0 aliphatic carbocycles. The largest absolute Gasteiger partial charge is 0.326 e. The molecule has 0 saturated heterocycles. The highest BCUT2D eigenvalue weighted by Crippen LogP contribution is 2.29. The fourth-order valence-electron chi connectivity index (χ4n) is 2.52. The van der Waals surface area contributed by atoms with Gasteiger partial charge in [0.1, 0.15) is 0 Å². The Morgan fingerprint density at radius 1 is 0.862 bits per heavy atom. The van der Waals surface area contributed by atoms with Crippen LogP contribution in [-0.2, 0) is 14.4 Å². The molecule has 9 heteroatoms. The number of halogens is 2. The first-order valence-electron chi connectivity index (χ1n) is 8.92. The smallest absolute Gasteiger partial charge is 0.238 e. The zero-order chi connectivity index (χ0) is 21.4. The summed E-state index contributed by atoms with van der Waals surface area (Å²) in [6, 6.07) is 11.7. The van der Waals surface area contributed by atoms with Crippen LogP contribution in [0.5, 0.6) is 0 Å². The van der Waals surface area contributed by atoms with Crippen LogP contribution >= 0.6 is 23.2 Å². The molecule has 2 aromatic rings. The van der Waals surface area contributed by atoms with Crippen LogP contribution < -0.4 is 16.0 Å². The van der Waals surface area contributed by atoms with Crippen molar-refractivity contribution in [3.63, 3.8) is 0 Å². The lowest BCUT2D eigenvalue weighted by molar-refractivity contribution is -0.120. The summed E-state index contributed by atoms with van der Waals surface area (Å²) < 4.78 is 0. The van der Waals surface area contributed by atoms with Gasteiger partial charge in [-0.2, -0.15) is 0 Å². The van der Waals surface area contributed by atoms with Crippen LogP contribution in [-0.4, -0.2) is 42.3 Å². The van der Waals surface area contributed by atoms with Crippen molar-refractivity contribution in [3.8, 4) is 0 Å². The second-order valence-electron chi connectivity index (χ2n) is 6.26. The first-order valence-corrected chi connectivity index (χ1v) is 9.67. The molecule has 0 unspecified atom stereocenters. The zero-order valence-electron chi connectivity index (χ0n) is 16.1. The van der Waals surface area contributed by atoms with Gasteiger partial charge in [0, 0.05) is 18.3 Å². The minimum absolute atomic E-state index is 0.0221. The molecule has 0 fully saturated rings. The summed E-state index contributed by atoms with van der Waals surface area (Å²) in [5.41, 5.74) is 1.65. The highest BCUT2D eigenvalue weighted by molar-refractivity contribution is 6.44. The predicted molar refractivity (Wildman–Crippen MR) is 117 cm³/mol. The second kappa shape index (κ2) is 10.8. The third kappa shape index (κ3) is 7.38. The monoisotopic (exact) mass is 436 g/mol. The standard InChI is InChI=1S/C20H22Cl2N4O3/c1-3-26(12-19(29)25-17-6-4-5-16(21)20(17)22)11-18(28)24-15-9-7-14(8-10-15)23-13(2)27/h4-10H,3,11-12H2,1-2H3,(H,23,27)(H,24,28)(H,25,29). The number of hydrogen-bond acceptors (Lipinski definition) is 4. The Morgan fingerprint density at radius 2 is 1.41 bits per heavy atom. The van der Waals surface area contributed by atoms with E-state index in [4.69, 9.17) is 23.2 Å². The van der Waals surface area contributed by atoms with Gasteiger partial charge in [0.05, 0.1) is 28.8 Å². The molecule has 0 aliphatic heterocycles. The summed E-state index contributed by atoms with van der Waals surface area (Å²) >= 11 is 12.0. The first-order chi connectivity index (χ1) is 13.8. The summed E-state index contributed by atoms with van der Waals surface area (Å²) in [5.74, 6) is -0.728. The molecule has 0 saturated carbocycles. The van der Waals surface area contributed by atoms with Gasteiger partial charge in [-0.25, -0.2) is 0 Å². The third-order valence-corrected chi connectivity index (χ3v) is 4.72. The molecule has 0 aromatic heterocycles. The Labute approximate surface area is 179 Å². The molecular formula is C20H22Cl2N4O3. The Bertz CT molecular complexity index is 888. The number of carbonyl (C=O) groups is 3. The van der Waals surface area contributed by atoms with Crippen LogP contribution in [0.2, 0.25) is 10.0 Å². The molecule has 0 atom stereocenters. The van der Waals surface area contributed by atoms with E-state index in [0.717, 1.165) is 0 Å². The lowest BCUT2D eigenvalue weighted by atomic mass is 10.2. The van der Waals surface area contributed by atoms with E-state index in [-0.39, 0.29) is 35.8 Å². The molecule has 3 N–H and O–H groups in total. The van der Waals surface area contributed by atoms with Crippen molar-refractivity contribution in [2.24, 2.45) is 0 Å². The number of carbonyl (C=O) groups excluding carboxylic acids is 3. The summed E-state index contributed by atoms with van der Waals surface area (Å²) in [6.07, 6.45) is 0. The Kier molecular flexibility index (Phi) is 8.45. The second-order valence-corrected chi connectivity index (χ2v) is 7.04. The fourth-order valence-corrected chi connectivity index (χ4v) is 2.86. The van der Waals surface area contributed by atoms with Crippen LogP contribution in [0.4, 0.5) is 17.1 Å². The van der Waals surface area contributed by atoms with Gasteiger partial charge in [0.2, 0.25) is 17.7 Å². The van der Waals surface area contributed by atoms with E-state index in [9.17, 15) is 14.4 Å². The molecule has 29 heavy (non-hydrogen) atoms. The van der Waals surface area contributed by atoms with Crippen molar-refractivity contribution < 1.29 is 14.4 Å². The van der Waals surface area contributed by atoms with Crippen molar-refractivity contribution in [1.29, 1.82) is 0 Å². The summed E-state index contributed by atoms with van der Waals surface area (Å²) in [7, 11) is 0. The van der Waals surface area contributed by atoms with Gasteiger partial charge < -0.3 is 16.0 Å². The van der Waals surface area contributed by atoms with E-state index in [1.807, 2.05) is 6.92 Å². The lowest BCUT2D eigenvalue weighted by Gasteiger charge is -2.19. The van der Waals surface area contributed by atoms with E-state index < -0.39 is 0 Å². The Morgan fingerprint density at radius 3 is 1.97 bits per heavy atom. The van der Waals surface area contributed by atoms with Gasteiger partial charge in [0.15, 0.2) is 0 Å². The zero-order valence-corrected chi connectivity index (χ0v) is 17.6. The minimum atomic E-state index is -0.302. The summed E-state index contributed by atoms with van der Waals surface area (Å²) in [6.45, 7) is 3.85. The topological polar surface area (TPSA) is 90.5 Å². The molecule has 2 aromatic carbocycles. The maximum Gasteiger partial charge on any atom is 0.238 e. The predicted octanol–water partition coefficient (Wildman–Crippen LogP) is 3.85. The molecule has 0 spiro atoms. The van der Waals surface area contributed by atoms with Crippen LogP contribution in [0.25, 0.3) is 0 Å². The molecule has 0 radical (unpaired) electrons. The molecular weight excluding hydrogens is 415 g/mol. The fraction of sp³-hybridized carbons (Fsp3) is 0.250. The highest BCUT2D eigenvalue weighted by Gasteiger charge is 2.15. The van der Waals surface area contributed by atoms with E-state index in [1.165, 1.54) is 6.92 Å². The maximum absolute atomic E-state index is 12.3. The SMILES string of the molecule is CCN(CC(=O)Nc1ccc(NC(C)=O)cc1)CC(=O)Nc1cccc(Cl)c1Cl. The lowest BCUT2D eigenvalue weighted by Crippen LogP contribution is -2.38. The number of nitrogens with zero attached hydrogens (tertiary/aromatic N) is 1. The van der Waals surface area contributed by atoms with Gasteiger partial charge in [-0.05, 0) is 42.9 Å². The van der Waals surface area contributed by atoms with Gasteiger partial charge in [-0.15, -0.1) is 0 Å². The number of anilines is 3. The van der Waals surface area contributed by atoms with E-state index in [2.05, 4.69) is 16.0 Å². The average molecular weight is 437 g/mol. The van der Waals surface area contributed by atoms with Crippen molar-refractivity contribution in [1.82, 2.24) is 4.90 Å². The van der Waals surface area contributed by atoms with Crippen LogP contribution in [0, 0.1) is 0 Å². The number of nitrogens with one attached hydrogen (secondary N) is 3. The van der Waals surface area contributed by atoms with Gasteiger partial charge in [-0.3, -0.25) is 19.3 Å². The molecule has 3 amide bonds. The maximum atomic E-state index is 12.3. The van der Waals surface area contributed by atoms with Crippen LogP contribution in [0.3, 0.4) is 0 Å². The molecule has 0 bridgehead atoms. The molecule has 0 heterocycles. The number of benzene rings is 2. The molecule has 154 valence electrons. The number of likely N-dealkylation sites (N-methyl/N-ethyl adjacent to an activating group) is 1. The van der Waals surface area contributed by atoms with Crippen LogP contribution in [0.15, 0.2) is 42.5 Å². The quantitative estimate of drug-likeness (QED) is 0.585. The normalized spacial score (nSPS) is 10.5. The minimum Gasteiger partial charge on any atom is -0.326 e. The van der Waals surface area contributed by atoms with Crippen molar-refractivity contribution >= 4 is 58.0 Å². The highest BCUT2D eigenvalue weighted by atomic mass is 35.5.